The van der Waals surface area contributed by atoms with Gasteiger partial charge in [0.2, 0.25) is 0 Å². The molecule has 0 amide bonds. The highest BCUT2D eigenvalue weighted by atomic mass is 19.4. The number of aromatic amines is 1. The van der Waals surface area contributed by atoms with Crippen molar-refractivity contribution < 1.29 is 18.0 Å². The second-order valence-corrected chi connectivity index (χ2v) is 8.94. The fourth-order valence-corrected chi connectivity index (χ4v) is 4.09. The Morgan fingerprint density at radius 2 is 1.91 bits per heavy atom. The molecule has 0 unspecified atom stereocenters. The number of aromatic nitrogens is 3. The van der Waals surface area contributed by atoms with Crippen molar-refractivity contribution in [2.45, 2.75) is 45.7 Å². The lowest BCUT2D eigenvalue weighted by molar-refractivity contribution is -0.137. The van der Waals surface area contributed by atoms with E-state index in [9.17, 15) is 18.0 Å². The lowest BCUT2D eigenvalue weighted by Crippen LogP contribution is -2.36. The van der Waals surface area contributed by atoms with E-state index < -0.39 is 11.7 Å². The Kier molecular flexibility index (Phi) is 8.53. The molecule has 0 radical (unpaired) electrons. The van der Waals surface area contributed by atoms with E-state index in [0.717, 1.165) is 73.3 Å². The first kappa shape index (κ1) is 26.2. The summed E-state index contributed by atoms with van der Waals surface area (Å²) >= 11 is 0. The molecule has 9 heteroatoms. The van der Waals surface area contributed by atoms with Crippen LogP contribution in [-0.4, -0.2) is 40.9 Å². The predicted molar refractivity (Wildman–Crippen MR) is 132 cm³/mol. The lowest BCUT2D eigenvalue weighted by atomic mass is 9.95. The van der Waals surface area contributed by atoms with E-state index in [-0.39, 0.29) is 5.41 Å². The third-order valence-corrected chi connectivity index (χ3v) is 6.02. The van der Waals surface area contributed by atoms with Crippen LogP contribution in [0.15, 0.2) is 49.4 Å². The summed E-state index contributed by atoms with van der Waals surface area (Å²) in [5.74, 6) is 0.874. The Bertz CT molecular complexity index is 1120. The number of fused-ring (bicyclic) bond motifs is 1. The first-order chi connectivity index (χ1) is 16.7. The van der Waals surface area contributed by atoms with Gasteiger partial charge in [-0.2, -0.15) is 13.2 Å². The van der Waals surface area contributed by atoms with Gasteiger partial charge in [-0.1, -0.05) is 25.6 Å². The second kappa shape index (κ2) is 11.4. The van der Waals surface area contributed by atoms with Crippen LogP contribution in [0.2, 0.25) is 0 Å². The third kappa shape index (κ3) is 7.07. The Hall–Kier alpha value is -3.36. The topological polar surface area (TPSA) is 73.9 Å². The van der Waals surface area contributed by atoms with E-state index in [2.05, 4.69) is 31.7 Å². The Labute approximate surface area is 203 Å². The van der Waals surface area contributed by atoms with E-state index in [4.69, 9.17) is 0 Å². The van der Waals surface area contributed by atoms with Crippen molar-refractivity contribution in [1.29, 1.82) is 0 Å². The van der Waals surface area contributed by atoms with Crippen LogP contribution in [0.25, 0.3) is 11.0 Å². The maximum atomic E-state index is 12.9. The third-order valence-electron chi connectivity index (χ3n) is 6.02. The molecule has 2 aromatic heterocycles. The normalized spacial score (nSPS) is 14.1. The van der Waals surface area contributed by atoms with Gasteiger partial charge in [0.25, 0.3) is 0 Å². The minimum Gasteiger partial charge on any atom is -0.390 e. The first-order valence-electron chi connectivity index (χ1n) is 11.7. The number of carbonyl (C=O) groups excluding carboxylic acids is 1. The van der Waals surface area contributed by atoms with Gasteiger partial charge in [-0.25, -0.2) is 9.97 Å². The molecule has 2 heterocycles. The Morgan fingerprint density at radius 1 is 1.23 bits per heavy atom. The van der Waals surface area contributed by atoms with Crippen LogP contribution in [0.4, 0.5) is 19.0 Å². The van der Waals surface area contributed by atoms with E-state index in [1.165, 1.54) is 12.1 Å². The summed E-state index contributed by atoms with van der Waals surface area (Å²) in [7, 11) is 0. The summed E-state index contributed by atoms with van der Waals surface area (Å²) in [6, 6.07) is 7.60. The molecule has 1 aliphatic carbocycles. The number of H-pyrrole nitrogens is 1. The number of nitrogens with one attached hydrogen (secondary N) is 2. The van der Waals surface area contributed by atoms with E-state index in [1.54, 1.807) is 24.7 Å². The number of hydrogen-bond acceptors (Lipinski definition) is 5. The molecule has 0 bridgehead atoms. The fraction of sp³-hybridized carbons (Fsp3) is 0.423. The van der Waals surface area contributed by atoms with Crippen LogP contribution in [0.1, 0.15) is 43.0 Å². The second-order valence-electron chi connectivity index (χ2n) is 8.94. The van der Waals surface area contributed by atoms with Crippen LogP contribution in [0.3, 0.4) is 0 Å². The van der Waals surface area contributed by atoms with Crippen molar-refractivity contribution in [3.8, 4) is 0 Å². The number of alkyl halides is 3. The zero-order valence-corrected chi connectivity index (χ0v) is 20.2. The molecule has 2 N–H and O–H groups in total. The van der Waals surface area contributed by atoms with Crippen molar-refractivity contribution in [3.05, 3.63) is 66.3 Å². The molecule has 1 saturated carbocycles. The van der Waals surface area contributed by atoms with Crippen LogP contribution in [-0.2, 0) is 17.4 Å². The number of rotatable bonds is 10. The molecule has 1 aromatic carbocycles. The van der Waals surface area contributed by atoms with E-state index in [0.29, 0.717) is 6.42 Å². The van der Waals surface area contributed by atoms with Gasteiger partial charge in [-0.3, -0.25) is 0 Å². The number of aldehydes is 1. The minimum atomic E-state index is -4.31. The molecular formula is C26H32F3N5O. The highest BCUT2D eigenvalue weighted by molar-refractivity contribution is 5.88. The number of aryl methyl sites for hydroxylation is 1. The van der Waals surface area contributed by atoms with Gasteiger partial charge in [0.05, 0.1) is 10.9 Å². The molecule has 35 heavy (non-hydrogen) atoms. The van der Waals surface area contributed by atoms with Crippen LogP contribution < -0.4 is 10.2 Å². The zero-order valence-electron chi connectivity index (χ0n) is 20.2. The molecule has 0 spiro atoms. The van der Waals surface area contributed by atoms with Crippen molar-refractivity contribution in [2.75, 3.05) is 24.5 Å². The standard InChI is InChI=1S/C23H26F3N5.C3H6O/c1-3-27-10-11-31(21-19-12-16(2)30-20(19)28-15-29-21)14-22(8-9-22)13-17-4-6-18(7-5-17)23(24,25)26;1-2-3-4/h3-7,12,15,27H,1,8-11,13-14H2,2H3,(H,28,29,30);3H,2H2,1H3. The van der Waals surface area contributed by atoms with Gasteiger partial charge >= 0.3 is 6.18 Å². The summed E-state index contributed by atoms with van der Waals surface area (Å²) in [6.45, 7) is 9.74. The summed E-state index contributed by atoms with van der Waals surface area (Å²) in [5, 5.41) is 4.12. The molecule has 1 fully saturated rings. The molecule has 4 rings (SSSR count). The van der Waals surface area contributed by atoms with Gasteiger partial charge in [-0.05, 0) is 61.6 Å². The highest BCUT2D eigenvalue weighted by Crippen LogP contribution is 2.49. The SMILES string of the molecule is C=CNCCN(CC1(Cc2ccc(C(F)(F)F)cc2)CC1)c1ncnc2[nH]c(C)cc12.CCC=O. The van der Waals surface area contributed by atoms with Crippen molar-refractivity contribution in [2.24, 2.45) is 5.41 Å². The maximum absolute atomic E-state index is 12.9. The zero-order chi connectivity index (χ0) is 25.5. The number of carbonyl (C=O) groups is 1. The van der Waals surface area contributed by atoms with Gasteiger partial charge in [-0.15, -0.1) is 0 Å². The summed E-state index contributed by atoms with van der Waals surface area (Å²) in [5.41, 5.74) is 2.18. The quantitative estimate of drug-likeness (QED) is 0.294. The van der Waals surface area contributed by atoms with Crippen molar-refractivity contribution in [1.82, 2.24) is 20.3 Å². The molecule has 0 aliphatic heterocycles. The average molecular weight is 488 g/mol. The van der Waals surface area contributed by atoms with Crippen LogP contribution >= 0.6 is 0 Å². The summed E-state index contributed by atoms with van der Waals surface area (Å²) in [4.78, 5) is 23.6. The first-order valence-corrected chi connectivity index (χ1v) is 11.7. The van der Waals surface area contributed by atoms with Gasteiger partial charge in [0.15, 0.2) is 0 Å². The average Bonchev–Trinajstić information content (AvgIpc) is 3.46. The van der Waals surface area contributed by atoms with E-state index >= 15 is 0 Å². The van der Waals surface area contributed by atoms with Crippen LogP contribution in [0, 0.1) is 12.3 Å². The number of benzene rings is 1. The number of nitrogens with zero attached hydrogens (tertiary/aromatic N) is 3. The lowest BCUT2D eigenvalue weighted by Gasteiger charge is -2.29. The van der Waals surface area contributed by atoms with Crippen LogP contribution in [0.5, 0.6) is 0 Å². The number of hydrogen-bond donors (Lipinski definition) is 2. The summed E-state index contributed by atoms with van der Waals surface area (Å²) in [6.07, 6.45) is 3.27. The van der Waals surface area contributed by atoms with Crippen molar-refractivity contribution in [3.63, 3.8) is 0 Å². The largest absolute Gasteiger partial charge is 0.416 e. The van der Waals surface area contributed by atoms with Gasteiger partial charge < -0.3 is 20.0 Å². The van der Waals surface area contributed by atoms with Gasteiger partial charge in [0, 0.05) is 31.7 Å². The number of anilines is 1. The molecule has 3 aromatic rings. The molecular weight excluding hydrogens is 455 g/mol. The Balaban J connectivity index is 0.000000795. The molecule has 1 aliphatic rings. The molecule has 0 saturated heterocycles. The summed E-state index contributed by atoms with van der Waals surface area (Å²) < 4.78 is 38.6. The minimum absolute atomic E-state index is 0.0382. The molecule has 188 valence electrons. The van der Waals surface area contributed by atoms with Crippen molar-refractivity contribution >= 4 is 23.1 Å². The molecule has 6 nitrogen and oxygen atoms in total. The monoisotopic (exact) mass is 487 g/mol. The maximum Gasteiger partial charge on any atom is 0.416 e. The fourth-order valence-electron chi connectivity index (χ4n) is 4.09. The number of halogens is 3. The smallest absolute Gasteiger partial charge is 0.390 e. The highest BCUT2D eigenvalue weighted by Gasteiger charge is 2.44. The van der Waals surface area contributed by atoms with E-state index in [1.807, 2.05) is 19.9 Å². The molecule has 0 atom stereocenters. The van der Waals surface area contributed by atoms with Gasteiger partial charge in [0.1, 0.15) is 24.1 Å². The Morgan fingerprint density at radius 3 is 2.49 bits per heavy atom. The predicted octanol–water partition coefficient (Wildman–Crippen LogP) is 5.44.